The van der Waals surface area contributed by atoms with Gasteiger partial charge in [-0.1, -0.05) is 50.2 Å². The predicted octanol–water partition coefficient (Wildman–Crippen LogP) is 3.99. The number of hydrogen-bond donors (Lipinski definition) is 2. The second-order valence-corrected chi connectivity index (χ2v) is 8.79. The molecule has 0 aliphatic carbocycles. The lowest BCUT2D eigenvalue weighted by Crippen LogP contribution is -2.34. The Morgan fingerprint density at radius 1 is 0.886 bits per heavy atom. The Morgan fingerprint density at radius 2 is 1.51 bits per heavy atom. The molecule has 0 spiro atoms. The van der Waals surface area contributed by atoms with Crippen LogP contribution in [0.25, 0.3) is 11.4 Å². The highest BCUT2D eigenvalue weighted by Gasteiger charge is 2.18. The first kappa shape index (κ1) is 25.7. The fourth-order valence-corrected chi connectivity index (χ4v) is 3.27. The maximum atomic E-state index is 12.5. The molecule has 2 amide bonds. The van der Waals surface area contributed by atoms with Crippen molar-refractivity contribution >= 4 is 11.8 Å². The molecule has 3 rings (SSSR count). The molecule has 0 radical (unpaired) electrons. The first-order valence-electron chi connectivity index (χ1n) is 11.6. The van der Waals surface area contributed by atoms with Crippen molar-refractivity contribution in [3.63, 3.8) is 0 Å². The summed E-state index contributed by atoms with van der Waals surface area (Å²) in [6.07, 6.45) is 0. The van der Waals surface area contributed by atoms with Crippen LogP contribution < -0.4 is 20.1 Å². The molecule has 0 aliphatic heterocycles. The molecule has 2 aromatic carbocycles. The molecule has 0 saturated heterocycles. The predicted molar refractivity (Wildman–Crippen MR) is 132 cm³/mol. The Labute approximate surface area is 205 Å². The molecule has 1 aromatic heterocycles. The second kappa shape index (κ2) is 11.5. The number of ether oxygens (including phenoxy) is 2. The van der Waals surface area contributed by atoms with Gasteiger partial charge in [0, 0.05) is 24.2 Å². The number of carbonyl (C=O) groups is 2. The van der Waals surface area contributed by atoms with E-state index in [0.717, 1.165) is 5.56 Å². The number of hydrogen-bond acceptors (Lipinski definition) is 7. The van der Waals surface area contributed by atoms with E-state index in [4.69, 9.17) is 14.0 Å². The van der Waals surface area contributed by atoms with Crippen LogP contribution in [-0.2, 0) is 5.41 Å². The van der Waals surface area contributed by atoms with Gasteiger partial charge >= 0.3 is 11.8 Å². The van der Waals surface area contributed by atoms with Gasteiger partial charge in [0.05, 0.1) is 13.2 Å². The van der Waals surface area contributed by atoms with Crippen molar-refractivity contribution in [3.8, 4) is 22.9 Å². The molecule has 9 nitrogen and oxygen atoms in total. The minimum absolute atomic E-state index is 0.0365. The third-order valence-corrected chi connectivity index (χ3v) is 5.13. The monoisotopic (exact) mass is 480 g/mol. The number of amides is 2. The lowest BCUT2D eigenvalue weighted by molar-refractivity contribution is 0.0898. The zero-order chi connectivity index (χ0) is 25.4. The average Bonchev–Trinajstić information content (AvgIpc) is 3.33. The molecular formula is C26H32N4O5. The molecule has 0 unspecified atom stereocenters. The summed E-state index contributed by atoms with van der Waals surface area (Å²) >= 11 is 0. The van der Waals surface area contributed by atoms with Gasteiger partial charge in [-0.2, -0.15) is 4.98 Å². The van der Waals surface area contributed by atoms with Gasteiger partial charge in [0.2, 0.25) is 5.82 Å². The minimum atomic E-state index is -0.510. The Bertz CT molecular complexity index is 1150. The molecule has 9 heteroatoms. The highest BCUT2D eigenvalue weighted by atomic mass is 16.5. The highest BCUT2D eigenvalue weighted by Crippen LogP contribution is 2.28. The molecule has 0 atom stereocenters. The van der Waals surface area contributed by atoms with E-state index in [1.165, 1.54) is 5.56 Å². The summed E-state index contributed by atoms with van der Waals surface area (Å²) in [6, 6.07) is 12.8. The number of nitrogens with zero attached hydrogens (tertiary/aromatic N) is 2. The molecule has 3 aromatic rings. The number of carbonyl (C=O) groups excluding carboxylic acids is 2. The number of benzene rings is 2. The quantitative estimate of drug-likeness (QED) is 0.422. The molecular weight excluding hydrogens is 448 g/mol. The van der Waals surface area contributed by atoms with E-state index in [9.17, 15) is 9.59 Å². The van der Waals surface area contributed by atoms with E-state index in [-0.39, 0.29) is 30.3 Å². The van der Waals surface area contributed by atoms with Gasteiger partial charge in [0.25, 0.3) is 5.91 Å². The van der Waals surface area contributed by atoms with Crippen LogP contribution in [0.15, 0.2) is 47.0 Å². The maximum absolute atomic E-state index is 12.5. The first-order valence-corrected chi connectivity index (χ1v) is 11.6. The van der Waals surface area contributed by atoms with Gasteiger partial charge in [0.1, 0.15) is 0 Å². The molecule has 2 N–H and O–H groups in total. The Balaban J connectivity index is 1.51. The van der Waals surface area contributed by atoms with Crippen molar-refractivity contribution in [2.45, 2.75) is 40.0 Å². The number of aromatic nitrogens is 2. The zero-order valence-corrected chi connectivity index (χ0v) is 20.8. The molecule has 0 aliphatic rings. The van der Waals surface area contributed by atoms with Crippen molar-refractivity contribution in [2.24, 2.45) is 0 Å². The normalized spacial score (nSPS) is 11.1. The van der Waals surface area contributed by atoms with Crippen LogP contribution in [0, 0.1) is 0 Å². The summed E-state index contributed by atoms with van der Waals surface area (Å²) in [5.74, 6) is 0.493. The van der Waals surface area contributed by atoms with Crippen LogP contribution in [0.4, 0.5) is 0 Å². The molecule has 0 bridgehead atoms. The summed E-state index contributed by atoms with van der Waals surface area (Å²) in [7, 11) is 0. The Hall–Kier alpha value is -3.88. The van der Waals surface area contributed by atoms with Gasteiger partial charge in [-0.25, -0.2) is 0 Å². The largest absolute Gasteiger partial charge is 0.490 e. The van der Waals surface area contributed by atoms with Crippen LogP contribution in [0.5, 0.6) is 11.5 Å². The van der Waals surface area contributed by atoms with E-state index in [0.29, 0.717) is 36.1 Å². The molecule has 0 saturated carbocycles. The van der Waals surface area contributed by atoms with Crippen molar-refractivity contribution < 1.29 is 23.6 Å². The average molecular weight is 481 g/mol. The van der Waals surface area contributed by atoms with Gasteiger partial charge in [-0.05, 0) is 43.0 Å². The summed E-state index contributed by atoms with van der Waals surface area (Å²) < 4.78 is 16.2. The van der Waals surface area contributed by atoms with Gasteiger partial charge in [0.15, 0.2) is 11.5 Å². The lowest BCUT2D eigenvalue weighted by Gasteiger charge is -2.18. The van der Waals surface area contributed by atoms with Crippen LogP contribution in [0.1, 0.15) is 61.2 Å². The van der Waals surface area contributed by atoms with Crippen LogP contribution >= 0.6 is 0 Å². The van der Waals surface area contributed by atoms with Gasteiger partial charge in [-0.15, -0.1) is 0 Å². The van der Waals surface area contributed by atoms with Crippen molar-refractivity contribution in [2.75, 3.05) is 26.3 Å². The molecule has 1 heterocycles. The third kappa shape index (κ3) is 6.81. The number of nitrogens with one attached hydrogen (secondary N) is 2. The van der Waals surface area contributed by atoms with Gasteiger partial charge in [-0.3, -0.25) is 9.59 Å². The van der Waals surface area contributed by atoms with E-state index in [1.54, 1.807) is 18.2 Å². The SMILES string of the molecule is CCOc1ccc(C(=O)NCCNC(=O)c2nc(-c3ccc(C(C)(C)C)cc3)no2)cc1OCC. The van der Waals surface area contributed by atoms with Crippen molar-refractivity contribution in [1.82, 2.24) is 20.8 Å². The molecule has 0 fully saturated rings. The van der Waals surface area contributed by atoms with E-state index < -0.39 is 5.91 Å². The van der Waals surface area contributed by atoms with Gasteiger partial charge < -0.3 is 24.6 Å². The van der Waals surface area contributed by atoms with Crippen LogP contribution in [0.3, 0.4) is 0 Å². The molecule has 186 valence electrons. The van der Waals surface area contributed by atoms with Crippen LogP contribution in [-0.4, -0.2) is 48.3 Å². The molecule has 35 heavy (non-hydrogen) atoms. The minimum Gasteiger partial charge on any atom is -0.490 e. The first-order chi connectivity index (χ1) is 16.7. The summed E-state index contributed by atoms with van der Waals surface area (Å²) in [6.45, 7) is 11.5. The maximum Gasteiger partial charge on any atom is 0.316 e. The Morgan fingerprint density at radius 3 is 2.14 bits per heavy atom. The summed E-state index contributed by atoms with van der Waals surface area (Å²) in [5.41, 5.74) is 2.41. The standard InChI is InChI=1S/C26H32N4O5/c1-6-33-20-13-10-18(16-21(20)34-7-2)23(31)27-14-15-28-24(32)25-29-22(30-35-25)17-8-11-19(12-9-17)26(3,4)5/h8-13,16H,6-7,14-15H2,1-5H3,(H,27,31)(H,28,32). The van der Waals surface area contributed by atoms with Crippen LogP contribution in [0.2, 0.25) is 0 Å². The van der Waals surface area contributed by atoms with E-state index >= 15 is 0 Å². The highest BCUT2D eigenvalue weighted by molar-refractivity contribution is 5.95. The van der Waals surface area contributed by atoms with Crippen molar-refractivity contribution in [1.29, 1.82) is 0 Å². The van der Waals surface area contributed by atoms with Crippen molar-refractivity contribution in [3.05, 3.63) is 59.5 Å². The van der Waals surface area contributed by atoms with E-state index in [1.807, 2.05) is 38.1 Å². The third-order valence-electron chi connectivity index (χ3n) is 5.13. The second-order valence-electron chi connectivity index (χ2n) is 8.79. The van der Waals surface area contributed by atoms with E-state index in [2.05, 4.69) is 41.5 Å². The topological polar surface area (TPSA) is 116 Å². The summed E-state index contributed by atoms with van der Waals surface area (Å²) in [5, 5.41) is 9.32. The lowest BCUT2D eigenvalue weighted by atomic mass is 9.87. The smallest absolute Gasteiger partial charge is 0.316 e. The summed E-state index contributed by atoms with van der Waals surface area (Å²) in [4.78, 5) is 29.0. The fourth-order valence-electron chi connectivity index (χ4n) is 3.27. The Kier molecular flexibility index (Phi) is 8.46. The fraction of sp³-hybridized carbons (Fsp3) is 0.385. The zero-order valence-electron chi connectivity index (χ0n) is 20.8. The number of rotatable bonds is 10.